The van der Waals surface area contributed by atoms with Crippen molar-refractivity contribution in [3.63, 3.8) is 0 Å². The Labute approximate surface area is 222 Å². The number of halogens is 1. The van der Waals surface area contributed by atoms with Crippen LogP contribution in [0.4, 0.5) is 14.9 Å². The fourth-order valence-electron chi connectivity index (χ4n) is 4.09. The Balaban J connectivity index is 1.94. The predicted octanol–water partition coefficient (Wildman–Crippen LogP) is 2.90. The zero-order chi connectivity index (χ0) is 28.2. The fourth-order valence-corrected chi connectivity index (χ4v) is 5.27. The Bertz CT molecular complexity index is 1250. The Morgan fingerprint density at radius 3 is 2.47 bits per heavy atom. The van der Waals surface area contributed by atoms with Gasteiger partial charge < -0.3 is 25.4 Å². The average molecular weight is 551 g/mol. The summed E-state index contributed by atoms with van der Waals surface area (Å²) in [6.45, 7) is 7.07. The summed E-state index contributed by atoms with van der Waals surface area (Å²) in [7, 11) is -2.53. The Morgan fingerprint density at radius 2 is 1.87 bits per heavy atom. The molecule has 0 unspecified atom stereocenters. The summed E-state index contributed by atoms with van der Waals surface area (Å²) < 4.78 is 46.9. The van der Waals surface area contributed by atoms with Crippen LogP contribution < -0.4 is 15.4 Å². The van der Waals surface area contributed by atoms with Gasteiger partial charge in [-0.25, -0.2) is 17.6 Å². The van der Waals surface area contributed by atoms with Gasteiger partial charge in [0.2, 0.25) is 10.0 Å². The van der Waals surface area contributed by atoms with E-state index in [1.54, 1.807) is 19.1 Å². The maximum atomic E-state index is 13.5. The molecule has 38 heavy (non-hydrogen) atoms. The summed E-state index contributed by atoms with van der Waals surface area (Å²) in [5.41, 5.74) is 0.547. The molecule has 2 aromatic carbocycles. The number of carbonyl (C=O) groups is 2. The molecule has 2 aromatic rings. The molecule has 1 aliphatic rings. The third-order valence-electron chi connectivity index (χ3n) is 6.30. The zero-order valence-electron chi connectivity index (χ0n) is 22.1. The minimum Gasteiger partial charge on any atom is -0.488 e. The number of nitrogens with zero attached hydrogens (tertiary/aromatic N) is 2. The number of sulfonamides is 1. The number of anilines is 1. The van der Waals surface area contributed by atoms with Crippen LogP contribution in [0.25, 0.3) is 0 Å². The van der Waals surface area contributed by atoms with Gasteiger partial charge in [-0.1, -0.05) is 6.92 Å². The van der Waals surface area contributed by atoms with Crippen molar-refractivity contribution < 1.29 is 32.2 Å². The van der Waals surface area contributed by atoms with Gasteiger partial charge in [0.1, 0.15) is 17.7 Å². The van der Waals surface area contributed by atoms with Crippen molar-refractivity contribution in [2.24, 2.45) is 5.92 Å². The van der Waals surface area contributed by atoms with Crippen molar-refractivity contribution in [3.05, 3.63) is 53.8 Å². The second-order valence-corrected chi connectivity index (χ2v) is 11.9. The SMILES string of the molecule is CC(C)NC(=O)Nc1ccc2c(c1)C(=O)N([C@@H](C)CO)C[C@H](C)[C@H](CN(C)S(=O)(=O)c1ccc(F)cc1)O2. The van der Waals surface area contributed by atoms with E-state index in [4.69, 9.17) is 4.74 Å². The van der Waals surface area contributed by atoms with Crippen LogP contribution in [-0.4, -0.2) is 79.6 Å². The van der Waals surface area contributed by atoms with E-state index in [1.807, 2.05) is 20.8 Å². The Hall–Kier alpha value is -3.22. The molecular weight excluding hydrogens is 515 g/mol. The molecule has 0 aliphatic carbocycles. The van der Waals surface area contributed by atoms with Gasteiger partial charge in [0.15, 0.2) is 0 Å². The molecule has 3 N–H and O–H groups in total. The second-order valence-electron chi connectivity index (χ2n) is 9.83. The van der Waals surface area contributed by atoms with E-state index >= 15 is 0 Å². The minimum atomic E-state index is -3.94. The lowest BCUT2D eigenvalue weighted by Crippen LogP contribution is -2.50. The molecule has 1 aliphatic heterocycles. The molecule has 0 bridgehead atoms. The summed E-state index contributed by atoms with van der Waals surface area (Å²) >= 11 is 0. The predicted molar refractivity (Wildman–Crippen MR) is 141 cm³/mol. The van der Waals surface area contributed by atoms with Crippen molar-refractivity contribution in [2.75, 3.05) is 32.1 Å². The van der Waals surface area contributed by atoms with Gasteiger partial charge in [-0.05, 0) is 63.2 Å². The van der Waals surface area contributed by atoms with Gasteiger partial charge in [-0.2, -0.15) is 4.31 Å². The Kier molecular flexibility index (Phi) is 9.34. The molecule has 3 atom stereocenters. The van der Waals surface area contributed by atoms with Crippen LogP contribution in [-0.2, 0) is 10.0 Å². The van der Waals surface area contributed by atoms with Crippen molar-refractivity contribution in [2.45, 2.75) is 50.8 Å². The Morgan fingerprint density at radius 1 is 1.21 bits per heavy atom. The van der Waals surface area contributed by atoms with Gasteiger partial charge in [-0.3, -0.25) is 4.79 Å². The third kappa shape index (κ3) is 6.80. The van der Waals surface area contributed by atoms with Gasteiger partial charge in [0.25, 0.3) is 5.91 Å². The van der Waals surface area contributed by atoms with E-state index in [-0.39, 0.29) is 53.8 Å². The first-order valence-electron chi connectivity index (χ1n) is 12.4. The first kappa shape index (κ1) is 29.3. The molecule has 0 saturated heterocycles. The van der Waals surface area contributed by atoms with E-state index in [9.17, 15) is 27.5 Å². The van der Waals surface area contributed by atoms with Crippen LogP contribution in [0, 0.1) is 11.7 Å². The van der Waals surface area contributed by atoms with Crippen LogP contribution >= 0.6 is 0 Å². The third-order valence-corrected chi connectivity index (χ3v) is 8.14. The number of hydrogen-bond donors (Lipinski definition) is 3. The topological polar surface area (TPSA) is 128 Å². The summed E-state index contributed by atoms with van der Waals surface area (Å²) in [6.07, 6.45) is -0.668. The fraction of sp³-hybridized carbons (Fsp3) is 0.462. The molecular formula is C26H35FN4O6S. The first-order valence-corrected chi connectivity index (χ1v) is 13.8. The number of aliphatic hydroxyl groups excluding tert-OH is 1. The maximum Gasteiger partial charge on any atom is 0.319 e. The first-order chi connectivity index (χ1) is 17.8. The molecule has 0 spiro atoms. The van der Waals surface area contributed by atoms with Gasteiger partial charge in [-0.15, -0.1) is 0 Å². The van der Waals surface area contributed by atoms with E-state index in [0.717, 1.165) is 16.4 Å². The molecule has 0 aromatic heterocycles. The quantitative estimate of drug-likeness (QED) is 0.464. The van der Waals surface area contributed by atoms with Crippen LogP contribution in [0.1, 0.15) is 38.1 Å². The molecule has 1 heterocycles. The summed E-state index contributed by atoms with van der Waals surface area (Å²) in [6, 6.07) is 8.18. The number of rotatable bonds is 8. The lowest BCUT2D eigenvalue weighted by Gasteiger charge is -2.38. The normalized spacial score (nSPS) is 18.9. The largest absolute Gasteiger partial charge is 0.488 e. The van der Waals surface area contributed by atoms with Crippen LogP contribution in [0.15, 0.2) is 47.4 Å². The number of urea groups is 1. The van der Waals surface area contributed by atoms with Crippen molar-refractivity contribution in [3.8, 4) is 5.75 Å². The van der Waals surface area contributed by atoms with E-state index < -0.39 is 34.0 Å². The molecule has 10 nitrogen and oxygen atoms in total. The molecule has 0 fully saturated rings. The van der Waals surface area contributed by atoms with Crippen molar-refractivity contribution in [1.82, 2.24) is 14.5 Å². The minimum absolute atomic E-state index is 0.0490. The summed E-state index contributed by atoms with van der Waals surface area (Å²) in [5, 5.41) is 15.2. The van der Waals surface area contributed by atoms with Crippen LogP contribution in [0.2, 0.25) is 0 Å². The van der Waals surface area contributed by atoms with E-state index in [2.05, 4.69) is 10.6 Å². The number of amides is 3. The highest BCUT2D eigenvalue weighted by molar-refractivity contribution is 7.89. The number of benzene rings is 2. The van der Waals surface area contributed by atoms with Crippen LogP contribution in [0.3, 0.4) is 0 Å². The standard InChI is InChI=1S/C26H35FN4O6S/c1-16(2)28-26(34)29-20-8-11-23-22(12-20)25(33)31(18(4)15-32)13-17(3)24(37-23)14-30(5)38(35,36)21-9-6-19(27)7-10-21/h6-12,16-18,24,32H,13-15H2,1-5H3,(H2,28,29,34)/t17-,18-,24-/m0/s1. The number of likely N-dealkylation sites (N-methyl/N-ethyl adjacent to an activating group) is 1. The highest BCUT2D eigenvalue weighted by Crippen LogP contribution is 2.31. The molecule has 3 amide bonds. The lowest BCUT2D eigenvalue weighted by atomic mass is 9.99. The lowest BCUT2D eigenvalue weighted by molar-refractivity contribution is 0.0387. The number of carbonyl (C=O) groups excluding carboxylic acids is 2. The highest BCUT2D eigenvalue weighted by Gasteiger charge is 2.35. The maximum absolute atomic E-state index is 13.5. The molecule has 3 rings (SSSR count). The van der Waals surface area contributed by atoms with Crippen molar-refractivity contribution >= 4 is 27.6 Å². The van der Waals surface area contributed by atoms with Crippen molar-refractivity contribution in [1.29, 1.82) is 0 Å². The van der Waals surface area contributed by atoms with E-state index in [1.165, 1.54) is 30.1 Å². The molecule has 0 radical (unpaired) electrons. The number of nitrogens with one attached hydrogen (secondary N) is 2. The zero-order valence-corrected chi connectivity index (χ0v) is 23.0. The number of hydrogen-bond acceptors (Lipinski definition) is 6. The monoisotopic (exact) mass is 550 g/mol. The highest BCUT2D eigenvalue weighted by atomic mass is 32.2. The molecule has 12 heteroatoms. The number of fused-ring (bicyclic) bond motifs is 1. The smallest absolute Gasteiger partial charge is 0.319 e. The average Bonchev–Trinajstić information content (AvgIpc) is 2.85. The van der Waals surface area contributed by atoms with Crippen LogP contribution in [0.5, 0.6) is 5.75 Å². The van der Waals surface area contributed by atoms with Gasteiger partial charge >= 0.3 is 6.03 Å². The summed E-state index contributed by atoms with van der Waals surface area (Å²) in [5.74, 6) is -1.02. The van der Waals surface area contributed by atoms with Gasteiger partial charge in [0.05, 0.1) is 29.7 Å². The number of aliphatic hydroxyl groups is 1. The molecule has 0 saturated carbocycles. The van der Waals surface area contributed by atoms with E-state index in [0.29, 0.717) is 5.69 Å². The second kappa shape index (κ2) is 12.1. The number of ether oxygens (including phenoxy) is 1. The molecule has 208 valence electrons. The van der Waals surface area contributed by atoms with Gasteiger partial charge in [0, 0.05) is 31.2 Å². The summed E-state index contributed by atoms with van der Waals surface area (Å²) in [4.78, 5) is 27.2.